The topological polar surface area (TPSA) is 59.1 Å². The Kier molecular flexibility index (Phi) is 25.6. The lowest BCUT2D eigenvalue weighted by atomic mass is 10.0. The summed E-state index contributed by atoms with van der Waals surface area (Å²) in [6.07, 6.45) is 21.6. The molecule has 0 saturated heterocycles. The van der Waals surface area contributed by atoms with Gasteiger partial charge in [0.1, 0.15) is 13.2 Å². The van der Waals surface area contributed by atoms with Crippen LogP contribution in [-0.4, -0.2) is 74.9 Å². The molecule has 2 aromatic rings. The molecule has 2 aromatic carbocycles. The summed E-state index contributed by atoms with van der Waals surface area (Å²) in [7, 11) is 4.32. The van der Waals surface area contributed by atoms with Gasteiger partial charge in [-0.3, -0.25) is 9.59 Å². The fourth-order valence-corrected chi connectivity index (χ4v) is 6.29. The fraction of sp³-hybridized carbons (Fsp3) is 0.682. The van der Waals surface area contributed by atoms with Gasteiger partial charge in [0, 0.05) is 12.8 Å². The largest absolute Gasteiger partial charge is 0.369 e. The fourth-order valence-electron chi connectivity index (χ4n) is 6.29. The molecule has 0 bridgehead atoms. The zero-order chi connectivity index (χ0) is 36.1. The van der Waals surface area contributed by atoms with Crippen LogP contribution in [0.4, 0.5) is 0 Å². The minimum absolute atomic E-state index is 0.176. The number of ketones is 2. The van der Waals surface area contributed by atoms with Gasteiger partial charge in [-0.1, -0.05) is 139 Å². The first-order valence-corrected chi connectivity index (χ1v) is 20.2. The Morgan fingerprint density at radius 1 is 0.460 bits per heavy atom. The number of unbranched alkanes of at least 4 members (excludes halogenated alkanes) is 12. The maximum absolute atomic E-state index is 12.3. The molecule has 282 valence electrons. The summed E-state index contributed by atoms with van der Waals surface area (Å²) >= 11 is 0. The predicted molar refractivity (Wildman–Crippen MR) is 211 cm³/mol. The number of rotatable bonds is 33. The Bertz CT molecular complexity index is 1030. The van der Waals surface area contributed by atoms with E-state index in [-0.39, 0.29) is 24.8 Å². The number of benzene rings is 2. The van der Waals surface area contributed by atoms with Gasteiger partial charge in [-0.2, -0.15) is 0 Å². The third-order valence-electron chi connectivity index (χ3n) is 9.58. The van der Waals surface area contributed by atoms with Crippen LogP contribution >= 0.6 is 0 Å². The third kappa shape index (κ3) is 22.4. The minimum atomic E-state index is 0.176. The molecule has 0 aliphatic carbocycles. The average Bonchev–Trinajstić information content (AvgIpc) is 3.11. The second-order valence-corrected chi connectivity index (χ2v) is 14.5. The van der Waals surface area contributed by atoms with Crippen LogP contribution in [0.25, 0.3) is 11.1 Å². The molecule has 0 unspecified atom stereocenters. The summed E-state index contributed by atoms with van der Waals surface area (Å²) in [5.41, 5.74) is 4.38. The van der Waals surface area contributed by atoms with Crippen LogP contribution in [0.5, 0.6) is 0 Å². The normalized spacial score (nSPS) is 11.6. The highest BCUT2D eigenvalue weighted by molar-refractivity contribution is 5.80. The molecule has 0 spiro atoms. The molecule has 0 saturated carbocycles. The monoisotopic (exact) mass is 693 g/mol. The molecule has 2 rings (SSSR count). The number of nitrogens with zero attached hydrogens (tertiary/aromatic N) is 2. The van der Waals surface area contributed by atoms with Crippen LogP contribution in [0.15, 0.2) is 48.5 Å². The number of carbonyl (C=O) groups is 2. The second-order valence-electron chi connectivity index (χ2n) is 14.5. The van der Waals surface area contributed by atoms with Crippen molar-refractivity contribution in [2.24, 2.45) is 0 Å². The van der Waals surface area contributed by atoms with Crippen LogP contribution < -0.4 is 0 Å². The van der Waals surface area contributed by atoms with Gasteiger partial charge in [0.2, 0.25) is 0 Å². The summed E-state index contributed by atoms with van der Waals surface area (Å²) in [6.45, 7) is 9.92. The predicted octanol–water partition coefficient (Wildman–Crippen LogP) is 10.5. The van der Waals surface area contributed by atoms with Crippen molar-refractivity contribution in [2.75, 3.05) is 53.5 Å². The second kappa shape index (κ2) is 29.2. The Balaban J connectivity index is 1.53. The Hall–Kier alpha value is -2.38. The van der Waals surface area contributed by atoms with E-state index in [1.807, 2.05) is 0 Å². The molecule has 0 radical (unpaired) electrons. The highest BCUT2D eigenvalue weighted by Gasteiger charge is 2.07. The van der Waals surface area contributed by atoms with E-state index in [9.17, 15) is 9.59 Å². The van der Waals surface area contributed by atoms with Crippen LogP contribution in [0.2, 0.25) is 0 Å². The van der Waals surface area contributed by atoms with Gasteiger partial charge in [-0.05, 0) is 88.2 Å². The lowest BCUT2D eigenvalue weighted by molar-refractivity contribution is -0.124. The molecule has 0 atom stereocenters. The maximum atomic E-state index is 12.3. The first-order valence-electron chi connectivity index (χ1n) is 20.2. The first-order chi connectivity index (χ1) is 24.4. The summed E-state index contributed by atoms with van der Waals surface area (Å²) in [5, 5.41) is 0. The van der Waals surface area contributed by atoms with Gasteiger partial charge in [0.05, 0.1) is 13.2 Å². The standard InChI is InChI=1S/C44H72N2O4/c1-5-7-9-11-13-15-17-31-45(3)33-19-21-43(47)37-49-35-39-23-27-41(28-24-39)42-29-25-40(26-30-42)36-50-38-44(48)22-20-34-46(4)32-18-16-14-12-10-8-6-2/h23-30H,5-22,31-38H2,1-4H3. The van der Waals surface area contributed by atoms with Gasteiger partial charge < -0.3 is 19.3 Å². The number of carbonyl (C=O) groups excluding carboxylic acids is 2. The van der Waals surface area contributed by atoms with E-state index in [0.29, 0.717) is 26.1 Å². The number of hydrogen-bond acceptors (Lipinski definition) is 6. The van der Waals surface area contributed by atoms with Gasteiger partial charge in [-0.15, -0.1) is 0 Å². The lowest BCUT2D eigenvalue weighted by Crippen LogP contribution is -2.22. The number of Topliss-reactive ketones (excluding diaryl/α,β-unsaturated/α-hetero) is 2. The van der Waals surface area contributed by atoms with E-state index in [0.717, 1.165) is 61.3 Å². The molecular weight excluding hydrogens is 620 g/mol. The molecule has 0 fully saturated rings. The highest BCUT2D eigenvalue weighted by atomic mass is 16.5. The quantitative estimate of drug-likeness (QED) is 0.0694. The van der Waals surface area contributed by atoms with Crippen LogP contribution in [0.1, 0.15) is 141 Å². The van der Waals surface area contributed by atoms with Crippen LogP contribution in [0.3, 0.4) is 0 Å². The van der Waals surface area contributed by atoms with Crippen molar-refractivity contribution in [3.8, 4) is 11.1 Å². The Labute approximate surface area is 306 Å². The zero-order valence-electron chi connectivity index (χ0n) is 32.5. The average molecular weight is 693 g/mol. The first kappa shape index (κ1) is 43.8. The van der Waals surface area contributed by atoms with E-state index >= 15 is 0 Å². The summed E-state index contributed by atoms with van der Waals surface area (Å²) in [6, 6.07) is 16.6. The van der Waals surface area contributed by atoms with Crippen molar-refractivity contribution in [3.63, 3.8) is 0 Å². The molecule has 6 heteroatoms. The van der Waals surface area contributed by atoms with Crippen molar-refractivity contribution < 1.29 is 19.1 Å². The molecule has 0 heterocycles. The summed E-state index contributed by atoms with van der Waals surface area (Å²) in [5.74, 6) is 0.355. The van der Waals surface area contributed by atoms with Crippen molar-refractivity contribution >= 4 is 11.6 Å². The van der Waals surface area contributed by atoms with E-state index in [4.69, 9.17) is 9.47 Å². The van der Waals surface area contributed by atoms with Crippen molar-refractivity contribution in [3.05, 3.63) is 59.7 Å². The molecular formula is C44H72N2O4. The van der Waals surface area contributed by atoms with Crippen molar-refractivity contribution in [1.82, 2.24) is 9.80 Å². The third-order valence-corrected chi connectivity index (χ3v) is 9.58. The molecule has 0 amide bonds. The van der Waals surface area contributed by atoms with Crippen LogP contribution in [0, 0.1) is 0 Å². The van der Waals surface area contributed by atoms with E-state index in [1.165, 1.54) is 89.9 Å². The van der Waals surface area contributed by atoms with E-state index in [1.54, 1.807) is 0 Å². The number of ether oxygens (including phenoxy) is 2. The summed E-state index contributed by atoms with van der Waals surface area (Å²) in [4.78, 5) is 29.4. The lowest BCUT2D eigenvalue weighted by Gasteiger charge is -2.16. The molecule has 0 N–H and O–H groups in total. The SMILES string of the molecule is CCCCCCCCCN(C)CCCC(=O)COCc1ccc(-c2ccc(COCC(=O)CCCN(C)CCCCCCCCC)cc2)cc1. The smallest absolute Gasteiger partial charge is 0.158 e. The molecule has 0 aromatic heterocycles. The van der Waals surface area contributed by atoms with Gasteiger partial charge >= 0.3 is 0 Å². The maximum Gasteiger partial charge on any atom is 0.158 e. The molecule has 50 heavy (non-hydrogen) atoms. The van der Waals surface area contributed by atoms with Gasteiger partial charge in [-0.25, -0.2) is 0 Å². The van der Waals surface area contributed by atoms with Crippen LogP contribution in [-0.2, 0) is 32.3 Å². The van der Waals surface area contributed by atoms with Gasteiger partial charge in [0.15, 0.2) is 11.6 Å². The molecule has 6 nitrogen and oxygen atoms in total. The van der Waals surface area contributed by atoms with E-state index < -0.39 is 0 Å². The van der Waals surface area contributed by atoms with E-state index in [2.05, 4.69) is 86.3 Å². The van der Waals surface area contributed by atoms with Crippen molar-refractivity contribution in [2.45, 2.75) is 143 Å². The Morgan fingerprint density at radius 2 is 0.780 bits per heavy atom. The molecule has 0 aliphatic heterocycles. The number of hydrogen-bond donors (Lipinski definition) is 0. The minimum Gasteiger partial charge on any atom is -0.369 e. The summed E-state index contributed by atoms with van der Waals surface area (Å²) < 4.78 is 11.5. The van der Waals surface area contributed by atoms with Gasteiger partial charge in [0.25, 0.3) is 0 Å². The Morgan fingerprint density at radius 3 is 1.14 bits per heavy atom. The zero-order valence-corrected chi connectivity index (χ0v) is 32.5. The molecule has 0 aliphatic rings. The highest BCUT2D eigenvalue weighted by Crippen LogP contribution is 2.21. The van der Waals surface area contributed by atoms with Crippen molar-refractivity contribution in [1.29, 1.82) is 0 Å².